The molecule has 0 amide bonds. The van der Waals surface area contributed by atoms with E-state index >= 15 is 0 Å². The van der Waals surface area contributed by atoms with Gasteiger partial charge in [-0.1, -0.05) is 74.4 Å². The third-order valence-corrected chi connectivity index (χ3v) is 4.38. The predicted molar refractivity (Wildman–Crippen MR) is 114 cm³/mol. The molecule has 0 aromatic heterocycles. The molecule has 2 aromatic carbocycles. The van der Waals surface area contributed by atoms with Crippen LogP contribution in [0.4, 0.5) is 0 Å². The first-order valence-corrected chi connectivity index (χ1v) is 9.67. The van der Waals surface area contributed by atoms with E-state index in [1.807, 2.05) is 6.08 Å². The highest BCUT2D eigenvalue weighted by Gasteiger charge is 1.94. The lowest BCUT2D eigenvalue weighted by molar-refractivity contribution is 0.717. The van der Waals surface area contributed by atoms with Gasteiger partial charge in [-0.15, -0.1) is 6.58 Å². The van der Waals surface area contributed by atoms with Crippen LogP contribution in [0.5, 0.6) is 0 Å². The Morgan fingerprint density at radius 1 is 0.731 bits per heavy atom. The van der Waals surface area contributed by atoms with Gasteiger partial charge in [0, 0.05) is 0 Å². The lowest BCUT2D eigenvalue weighted by atomic mass is 10.1. The summed E-state index contributed by atoms with van der Waals surface area (Å²) in [5.74, 6) is 0. The van der Waals surface area contributed by atoms with E-state index in [2.05, 4.69) is 72.2 Å². The van der Waals surface area contributed by atoms with Crippen LogP contribution >= 0.6 is 0 Å². The van der Waals surface area contributed by atoms with E-state index in [9.17, 15) is 0 Å². The number of nitrogens with zero attached hydrogens (tertiary/aromatic N) is 2. The van der Waals surface area contributed by atoms with Crippen molar-refractivity contribution in [2.24, 2.45) is 10.2 Å². The number of aryl methyl sites for hydroxylation is 2. The number of allylic oxidation sites excluding steroid dienone is 1. The predicted octanol–water partition coefficient (Wildman–Crippen LogP) is 6.38. The van der Waals surface area contributed by atoms with Crippen LogP contribution in [0.3, 0.4) is 0 Å². The van der Waals surface area contributed by atoms with E-state index in [1.165, 1.54) is 30.4 Å². The fourth-order valence-corrected chi connectivity index (χ4v) is 2.77. The van der Waals surface area contributed by atoms with Crippen molar-refractivity contribution in [1.82, 2.24) is 0 Å². The van der Waals surface area contributed by atoms with Crippen molar-refractivity contribution in [3.05, 3.63) is 83.4 Å². The molecule has 2 rings (SSSR count). The Balaban J connectivity index is 1.80. The standard InChI is InChI=1S/C24H30N2/c1-3-5-7-9-21-11-15-23(16-12-21)19-25-26-20-24-17-13-22(14-18-24)10-8-6-4-2/h3,11-20H,1,4-10H2,2H3/b25-19+,26-20+. The zero-order valence-electron chi connectivity index (χ0n) is 15.9. The monoisotopic (exact) mass is 346 g/mol. The molecule has 136 valence electrons. The third kappa shape index (κ3) is 7.60. The SMILES string of the molecule is C=CCCCc1ccc(/C=N/N=C/c2ccc(CCCCC)cc2)cc1. The summed E-state index contributed by atoms with van der Waals surface area (Å²) in [6.07, 6.45) is 13.9. The van der Waals surface area contributed by atoms with Gasteiger partial charge in [0.1, 0.15) is 0 Å². The Hall–Kier alpha value is -2.48. The Morgan fingerprint density at radius 2 is 1.23 bits per heavy atom. The summed E-state index contributed by atoms with van der Waals surface area (Å²) in [4.78, 5) is 0. The zero-order chi connectivity index (χ0) is 18.5. The average molecular weight is 347 g/mol. The van der Waals surface area contributed by atoms with Gasteiger partial charge in [0.25, 0.3) is 0 Å². The summed E-state index contributed by atoms with van der Waals surface area (Å²) >= 11 is 0. The van der Waals surface area contributed by atoms with Gasteiger partial charge in [0.15, 0.2) is 0 Å². The topological polar surface area (TPSA) is 24.7 Å². The molecule has 0 atom stereocenters. The first-order chi connectivity index (χ1) is 12.8. The maximum Gasteiger partial charge on any atom is 0.0568 e. The van der Waals surface area contributed by atoms with Crippen LogP contribution in [-0.4, -0.2) is 12.4 Å². The van der Waals surface area contributed by atoms with Gasteiger partial charge in [-0.05, 0) is 54.4 Å². The van der Waals surface area contributed by atoms with E-state index in [0.717, 1.165) is 36.8 Å². The maximum absolute atomic E-state index is 4.16. The Kier molecular flexibility index (Phi) is 9.13. The minimum Gasteiger partial charge on any atom is -0.159 e. The van der Waals surface area contributed by atoms with Crippen molar-refractivity contribution < 1.29 is 0 Å². The summed E-state index contributed by atoms with van der Waals surface area (Å²) < 4.78 is 0. The molecule has 2 heteroatoms. The molecule has 0 aliphatic heterocycles. The molecular weight excluding hydrogens is 316 g/mol. The first-order valence-electron chi connectivity index (χ1n) is 9.67. The second-order valence-corrected chi connectivity index (χ2v) is 6.61. The third-order valence-electron chi connectivity index (χ3n) is 4.38. The van der Waals surface area contributed by atoms with Crippen molar-refractivity contribution in [2.45, 2.75) is 51.9 Å². The molecular formula is C24H30N2. The van der Waals surface area contributed by atoms with Crippen LogP contribution in [0.25, 0.3) is 0 Å². The minimum atomic E-state index is 1.07. The number of benzene rings is 2. The van der Waals surface area contributed by atoms with Gasteiger partial charge >= 0.3 is 0 Å². The van der Waals surface area contributed by atoms with E-state index in [-0.39, 0.29) is 0 Å². The average Bonchev–Trinajstić information content (AvgIpc) is 2.68. The quantitative estimate of drug-likeness (QED) is 0.195. The van der Waals surface area contributed by atoms with Crippen LogP contribution in [-0.2, 0) is 12.8 Å². The molecule has 0 unspecified atom stereocenters. The summed E-state index contributed by atoms with van der Waals surface area (Å²) in [7, 11) is 0. The normalized spacial score (nSPS) is 11.4. The van der Waals surface area contributed by atoms with Crippen molar-refractivity contribution >= 4 is 12.4 Å². The smallest absolute Gasteiger partial charge is 0.0568 e. The van der Waals surface area contributed by atoms with Gasteiger partial charge < -0.3 is 0 Å². The highest BCUT2D eigenvalue weighted by Crippen LogP contribution is 2.09. The molecule has 2 nitrogen and oxygen atoms in total. The van der Waals surface area contributed by atoms with Gasteiger partial charge in [0.05, 0.1) is 12.4 Å². The van der Waals surface area contributed by atoms with E-state index in [0.29, 0.717) is 0 Å². The number of unbranched alkanes of at least 4 members (excludes halogenated alkanes) is 3. The second kappa shape index (κ2) is 12.0. The Bertz CT molecular complexity index is 694. The largest absolute Gasteiger partial charge is 0.159 e. The van der Waals surface area contributed by atoms with Gasteiger partial charge in [-0.25, -0.2) is 0 Å². The second-order valence-electron chi connectivity index (χ2n) is 6.61. The Labute approximate surface area is 158 Å². The molecule has 0 heterocycles. The summed E-state index contributed by atoms with van der Waals surface area (Å²) in [5, 5.41) is 8.31. The van der Waals surface area contributed by atoms with Gasteiger partial charge in [0.2, 0.25) is 0 Å². The van der Waals surface area contributed by atoms with Crippen LogP contribution in [0.15, 0.2) is 71.4 Å². The van der Waals surface area contributed by atoms with E-state index in [4.69, 9.17) is 0 Å². The molecule has 0 saturated heterocycles. The fraction of sp³-hybridized carbons (Fsp3) is 0.333. The van der Waals surface area contributed by atoms with Gasteiger partial charge in [-0.3, -0.25) is 0 Å². The van der Waals surface area contributed by atoms with E-state index in [1.54, 1.807) is 12.4 Å². The number of rotatable bonds is 11. The molecule has 0 N–H and O–H groups in total. The van der Waals surface area contributed by atoms with Crippen molar-refractivity contribution in [2.75, 3.05) is 0 Å². The molecule has 0 aliphatic rings. The summed E-state index contributed by atoms with van der Waals surface area (Å²) in [6.45, 7) is 5.99. The maximum atomic E-state index is 4.16. The Morgan fingerprint density at radius 3 is 1.69 bits per heavy atom. The molecule has 26 heavy (non-hydrogen) atoms. The highest BCUT2D eigenvalue weighted by atomic mass is 15.2. The fourth-order valence-electron chi connectivity index (χ4n) is 2.77. The van der Waals surface area contributed by atoms with Crippen molar-refractivity contribution in [1.29, 1.82) is 0 Å². The molecule has 2 aromatic rings. The highest BCUT2D eigenvalue weighted by molar-refractivity contribution is 5.82. The number of hydrogen-bond acceptors (Lipinski definition) is 2. The molecule has 0 aliphatic carbocycles. The molecule has 0 radical (unpaired) electrons. The van der Waals surface area contributed by atoms with Crippen LogP contribution in [0.2, 0.25) is 0 Å². The van der Waals surface area contributed by atoms with Crippen molar-refractivity contribution in [3.63, 3.8) is 0 Å². The van der Waals surface area contributed by atoms with E-state index < -0.39 is 0 Å². The lowest BCUT2D eigenvalue weighted by Gasteiger charge is -2.00. The summed E-state index contributed by atoms with van der Waals surface area (Å²) in [6, 6.07) is 17.1. The molecule has 0 bridgehead atoms. The van der Waals surface area contributed by atoms with Crippen LogP contribution in [0.1, 0.15) is 61.3 Å². The van der Waals surface area contributed by atoms with Crippen molar-refractivity contribution in [3.8, 4) is 0 Å². The van der Waals surface area contributed by atoms with Crippen LogP contribution < -0.4 is 0 Å². The van der Waals surface area contributed by atoms with Crippen LogP contribution in [0, 0.1) is 0 Å². The summed E-state index contributed by atoms with van der Waals surface area (Å²) in [5.41, 5.74) is 4.90. The zero-order valence-corrected chi connectivity index (χ0v) is 15.9. The van der Waals surface area contributed by atoms with Gasteiger partial charge in [-0.2, -0.15) is 10.2 Å². The number of hydrogen-bond donors (Lipinski definition) is 0. The molecule has 0 spiro atoms. The minimum absolute atomic E-state index is 1.07. The first kappa shape index (κ1) is 19.8. The molecule has 0 fully saturated rings. The molecule has 0 saturated carbocycles. The lowest BCUT2D eigenvalue weighted by Crippen LogP contribution is -1.87.